The van der Waals surface area contributed by atoms with Gasteiger partial charge >= 0.3 is 19.5 Å². The van der Waals surface area contributed by atoms with E-state index in [1.54, 1.807) is 0 Å². The summed E-state index contributed by atoms with van der Waals surface area (Å²) < 4.78 is 34.1. The van der Waals surface area contributed by atoms with Gasteiger partial charge in [0.15, 0.2) is 0 Å². The maximum Gasteiger partial charge on any atom is 2.00 e. The molecule has 0 spiro atoms. The summed E-state index contributed by atoms with van der Waals surface area (Å²) in [7, 11) is -5.17. The Balaban J connectivity index is -0.0000000800. The molecule has 0 aromatic heterocycles. The van der Waals surface area contributed by atoms with Gasteiger partial charge in [-0.05, 0) is 0 Å². The smallest absolute Gasteiger partial charge is 0.759 e. The van der Waals surface area contributed by atoms with E-state index in [-0.39, 0.29) is 25.6 Å². The summed E-state index contributed by atoms with van der Waals surface area (Å²) in [4.78, 5) is 0. The van der Waals surface area contributed by atoms with E-state index < -0.39 is 10.4 Å². The summed E-state index contributed by atoms with van der Waals surface area (Å²) in [6.07, 6.45) is 0. The van der Waals surface area contributed by atoms with Crippen molar-refractivity contribution < 1.29 is 37.0 Å². The molecule has 0 aromatic rings. The fourth-order valence-electron chi connectivity index (χ4n) is 0. The van der Waals surface area contributed by atoms with Crippen molar-refractivity contribution in [3.05, 3.63) is 0 Å². The summed E-state index contributed by atoms with van der Waals surface area (Å²) in [6.45, 7) is 0. The third kappa shape index (κ3) is 623. The quantitative estimate of drug-likeness (QED) is 0.245. The van der Waals surface area contributed by atoms with Crippen LogP contribution in [0.3, 0.4) is 0 Å². The first-order valence-corrected chi connectivity index (χ1v) is 2.00. The van der Waals surface area contributed by atoms with Crippen molar-refractivity contribution in [2.24, 2.45) is 0 Å². The van der Waals surface area contributed by atoms with Gasteiger partial charge in [0.05, 0.1) is 0 Å². The van der Waals surface area contributed by atoms with Crippen molar-refractivity contribution in [1.82, 2.24) is 6.15 Å². The van der Waals surface area contributed by atoms with Crippen molar-refractivity contribution in [1.29, 1.82) is 0 Å². The van der Waals surface area contributed by atoms with Gasteiger partial charge in [-0.1, -0.05) is 0 Å². The summed E-state index contributed by atoms with van der Waals surface area (Å²) in [5.41, 5.74) is 0. The van der Waals surface area contributed by atoms with E-state index in [9.17, 15) is 0 Å². The molecule has 7 heteroatoms. The predicted octanol–water partition coefficient (Wildman–Crippen LogP) is -1.82. The molecule has 0 aromatic carbocycles. The van der Waals surface area contributed by atoms with Gasteiger partial charge < -0.3 is 9.11 Å². The van der Waals surface area contributed by atoms with Gasteiger partial charge in [-0.25, -0.2) is 0 Å². The first-order valence-electron chi connectivity index (χ1n) is 0.667. The van der Waals surface area contributed by atoms with Crippen LogP contribution in [0.4, 0.5) is 0 Å². The Morgan fingerprint density at radius 1 is 1.14 bits per heavy atom. The second-order valence-electron chi connectivity index (χ2n) is 0.408. The number of nitrogens with zero attached hydrogens (tertiary/aromatic N) is 1. The molecule has 0 saturated heterocycles. The molecule has 0 fully saturated rings. The zero-order valence-electron chi connectivity index (χ0n) is 3.20. The molecular formula is NO4SZn. The van der Waals surface area contributed by atoms with Crippen molar-refractivity contribution in [2.45, 2.75) is 0 Å². The van der Waals surface area contributed by atoms with Crippen molar-refractivity contribution >= 4 is 10.4 Å². The maximum absolute atomic E-state index is 8.52. The topological polar surface area (TPSA) is 111 Å². The molecule has 0 unspecified atom stereocenters. The van der Waals surface area contributed by atoms with Crippen molar-refractivity contribution in [3.8, 4) is 0 Å². The largest absolute Gasteiger partial charge is 2.00 e. The Hall–Kier alpha value is 0.453. The minimum Gasteiger partial charge on any atom is -0.759 e. The first-order chi connectivity index (χ1) is 2.00. The van der Waals surface area contributed by atoms with Gasteiger partial charge in [0, 0.05) is 16.5 Å². The molecule has 0 N–H and O–H groups in total. The molecular weight excluding hydrogens is 175 g/mol. The maximum atomic E-state index is 8.52. The van der Waals surface area contributed by atoms with Gasteiger partial charge in [-0.2, -0.15) is 0 Å². The molecule has 0 atom stereocenters. The second kappa shape index (κ2) is 4.61. The van der Waals surface area contributed by atoms with Crippen LogP contribution in [-0.2, 0) is 29.9 Å². The van der Waals surface area contributed by atoms with Crippen LogP contribution in [0.1, 0.15) is 0 Å². The third-order valence-electron chi connectivity index (χ3n) is 0. The molecule has 0 aliphatic carbocycles. The molecule has 3 radical (unpaired) electrons. The number of hydrogen-bond acceptors (Lipinski definition) is 4. The molecule has 5 nitrogen and oxygen atoms in total. The fraction of sp³-hybridized carbons (Fsp3) is 0. The zero-order chi connectivity index (χ0) is 4.50. The van der Waals surface area contributed by atoms with Crippen LogP contribution >= 0.6 is 0 Å². The van der Waals surface area contributed by atoms with Gasteiger partial charge in [0.25, 0.3) is 0 Å². The van der Waals surface area contributed by atoms with Crippen LogP contribution in [0.15, 0.2) is 0 Å². The zero-order valence-corrected chi connectivity index (χ0v) is 6.98. The molecule has 37 valence electrons. The van der Waals surface area contributed by atoms with Gasteiger partial charge in [0.1, 0.15) is 0 Å². The third-order valence-corrected chi connectivity index (χ3v) is 0. The Morgan fingerprint density at radius 2 is 1.14 bits per heavy atom. The molecule has 0 amide bonds. The Labute approximate surface area is 54.0 Å². The summed E-state index contributed by atoms with van der Waals surface area (Å²) in [5, 5.41) is 0. The van der Waals surface area contributed by atoms with E-state index in [1.807, 2.05) is 0 Å². The predicted molar refractivity (Wildman–Crippen MR) is 12.6 cm³/mol. The van der Waals surface area contributed by atoms with E-state index in [2.05, 4.69) is 0 Å². The minimum atomic E-state index is -5.17. The average Bonchev–Trinajstić information content (AvgIpc) is 0.722. The van der Waals surface area contributed by atoms with Crippen LogP contribution in [-0.4, -0.2) is 17.5 Å². The number of rotatable bonds is 0. The van der Waals surface area contributed by atoms with Crippen LogP contribution in [0.2, 0.25) is 0 Å². The molecule has 0 aliphatic rings. The Morgan fingerprint density at radius 3 is 1.14 bits per heavy atom. The Kier molecular flexibility index (Phi) is 10.3. The fourth-order valence-corrected chi connectivity index (χ4v) is 0. The molecule has 0 bridgehead atoms. The van der Waals surface area contributed by atoms with Crippen LogP contribution in [0, 0.1) is 0 Å². The molecule has 0 aliphatic heterocycles. The normalized spacial score (nSPS) is 8.29. The molecule has 0 heterocycles. The van der Waals surface area contributed by atoms with E-state index in [1.165, 1.54) is 0 Å². The monoisotopic (exact) mass is 174 g/mol. The van der Waals surface area contributed by atoms with Crippen molar-refractivity contribution in [2.75, 3.05) is 0 Å². The minimum absolute atomic E-state index is 0. The SMILES string of the molecule is O=S(=O)([O-])[O-].[N].[Zn+2]. The van der Waals surface area contributed by atoms with Crippen LogP contribution in [0.5, 0.6) is 0 Å². The van der Waals surface area contributed by atoms with E-state index in [4.69, 9.17) is 17.5 Å². The Bertz CT molecular complexity index is 94.9. The molecule has 7 heavy (non-hydrogen) atoms. The van der Waals surface area contributed by atoms with E-state index in [0.717, 1.165) is 0 Å². The summed E-state index contributed by atoms with van der Waals surface area (Å²) >= 11 is 0. The van der Waals surface area contributed by atoms with E-state index in [0.29, 0.717) is 0 Å². The average molecular weight is 175 g/mol. The number of hydrogen-bond donors (Lipinski definition) is 0. The van der Waals surface area contributed by atoms with Crippen LogP contribution in [0.25, 0.3) is 0 Å². The van der Waals surface area contributed by atoms with Crippen molar-refractivity contribution in [3.63, 3.8) is 0 Å². The second-order valence-corrected chi connectivity index (χ2v) is 1.22. The van der Waals surface area contributed by atoms with Crippen LogP contribution < -0.4 is 6.15 Å². The van der Waals surface area contributed by atoms with E-state index >= 15 is 0 Å². The summed E-state index contributed by atoms with van der Waals surface area (Å²) in [6, 6.07) is 0. The molecule has 0 saturated carbocycles. The van der Waals surface area contributed by atoms with Gasteiger partial charge in [0.2, 0.25) is 0 Å². The molecule has 0 rings (SSSR count). The first kappa shape index (κ1) is 15.7. The van der Waals surface area contributed by atoms with Gasteiger partial charge in [-0.15, -0.1) is 0 Å². The van der Waals surface area contributed by atoms with Gasteiger partial charge in [-0.3, -0.25) is 8.42 Å². The summed E-state index contributed by atoms with van der Waals surface area (Å²) in [5.74, 6) is 0. The standard InChI is InChI=1S/N.H2O4S.Zn/c;1-5(2,3)4;/h;(H2,1,2,3,4);/q;;+2/p-2.